The minimum Gasteiger partial charge on any atom is -0.323 e. The highest BCUT2D eigenvalue weighted by Gasteiger charge is 2.22. The zero-order valence-corrected chi connectivity index (χ0v) is 13.1. The van der Waals surface area contributed by atoms with E-state index in [-0.39, 0.29) is 22.5 Å². The first-order valence-corrected chi connectivity index (χ1v) is 7.58. The van der Waals surface area contributed by atoms with Crippen LogP contribution < -0.4 is 0 Å². The number of imidazole rings is 1. The maximum Gasteiger partial charge on any atom is 0.155 e. The fraction of sp³-hybridized carbons (Fsp3) is 0.176. The van der Waals surface area contributed by atoms with Gasteiger partial charge in [-0.3, -0.25) is 4.98 Å². The Labute approximate surface area is 137 Å². The number of benzene rings is 1. The average Bonchev–Trinajstić information content (AvgIpc) is 3.02. The second-order valence-corrected chi connectivity index (χ2v) is 5.49. The smallest absolute Gasteiger partial charge is 0.155 e. The predicted octanol–water partition coefficient (Wildman–Crippen LogP) is 4.88. The van der Waals surface area contributed by atoms with Gasteiger partial charge in [-0.15, -0.1) is 0 Å². The molecule has 0 saturated carbocycles. The number of pyridine rings is 1. The maximum absolute atomic E-state index is 14.3. The molecule has 6 heteroatoms. The van der Waals surface area contributed by atoms with Crippen LogP contribution in [0.2, 0.25) is 5.02 Å². The average molecular weight is 334 g/mol. The molecule has 2 heterocycles. The molecule has 0 saturated heterocycles. The maximum atomic E-state index is 14.3. The Morgan fingerprint density at radius 1 is 1.13 bits per heavy atom. The SMILES string of the molecule is CCC(c1ccncc1)n1ccnc1-c1c(F)ccc(Cl)c1F. The molecule has 0 aliphatic heterocycles. The highest BCUT2D eigenvalue weighted by Crippen LogP contribution is 2.33. The summed E-state index contributed by atoms with van der Waals surface area (Å²) in [5.41, 5.74) is 0.777. The molecular formula is C17H14ClF2N3. The minimum absolute atomic E-state index is 0.103. The highest BCUT2D eigenvalue weighted by atomic mass is 35.5. The van der Waals surface area contributed by atoms with Gasteiger partial charge in [0.15, 0.2) is 5.82 Å². The van der Waals surface area contributed by atoms with E-state index in [1.807, 2.05) is 19.1 Å². The lowest BCUT2D eigenvalue weighted by Crippen LogP contribution is -2.11. The van der Waals surface area contributed by atoms with E-state index in [1.165, 1.54) is 12.3 Å². The number of hydrogen-bond acceptors (Lipinski definition) is 2. The Morgan fingerprint density at radius 3 is 2.57 bits per heavy atom. The monoisotopic (exact) mass is 333 g/mol. The molecular weight excluding hydrogens is 320 g/mol. The second-order valence-electron chi connectivity index (χ2n) is 5.08. The van der Waals surface area contributed by atoms with E-state index in [1.54, 1.807) is 23.2 Å². The quantitative estimate of drug-likeness (QED) is 0.637. The molecule has 0 aliphatic carbocycles. The van der Waals surface area contributed by atoms with E-state index in [4.69, 9.17) is 11.6 Å². The Hall–Kier alpha value is -2.27. The number of rotatable bonds is 4. The lowest BCUT2D eigenvalue weighted by molar-refractivity contribution is 0.555. The topological polar surface area (TPSA) is 30.7 Å². The van der Waals surface area contributed by atoms with Crippen LogP contribution in [-0.2, 0) is 0 Å². The van der Waals surface area contributed by atoms with Crippen LogP contribution in [0.1, 0.15) is 24.9 Å². The molecule has 118 valence electrons. The summed E-state index contributed by atoms with van der Waals surface area (Å²) >= 11 is 5.80. The first-order valence-electron chi connectivity index (χ1n) is 7.20. The molecule has 2 aromatic heterocycles. The molecule has 0 spiro atoms. The predicted molar refractivity (Wildman–Crippen MR) is 85.3 cm³/mol. The number of halogens is 3. The van der Waals surface area contributed by atoms with Gasteiger partial charge in [0, 0.05) is 24.8 Å². The Kier molecular flexibility index (Phi) is 4.39. The molecule has 0 fully saturated rings. The zero-order chi connectivity index (χ0) is 16.4. The van der Waals surface area contributed by atoms with Crippen molar-refractivity contribution in [3.63, 3.8) is 0 Å². The first-order chi connectivity index (χ1) is 11.1. The summed E-state index contributed by atoms with van der Waals surface area (Å²) < 4.78 is 30.3. The van der Waals surface area contributed by atoms with Crippen LogP contribution in [0, 0.1) is 11.6 Å². The van der Waals surface area contributed by atoms with Crippen molar-refractivity contribution in [1.29, 1.82) is 0 Å². The Balaban J connectivity index is 2.15. The Bertz CT molecular complexity index is 818. The molecule has 0 bridgehead atoms. The zero-order valence-electron chi connectivity index (χ0n) is 12.4. The lowest BCUT2D eigenvalue weighted by atomic mass is 10.0. The van der Waals surface area contributed by atoms with E-state index in [2.05, 4.69) is 9.97 Å². The minimum atomic E-state index is -0.802. The molecule has 3 nitrogen and oxygen atoms in total. The summed E-state index contributed by atoms with van der Waals surface area (Å²) in [4.78, 5) is 8.15. The van der Waals surface area contributed by atoms with Gasteiger partial charge in [0.1, 0.15) is 11.6 Å². The summed E-state index contributed by atoms with van der Waals surface area (Å²) in [6.45, 7) is 2.00. The van der Waals surface area contributed by atoms with Gasteiger partial charge in [-0.25, -0.2) is 13.8 Å². The second kappa shape index (κ2) is 6.46. The van der Waals surface area contributed by atoms with Crippen molar-refractivity contribution in [2.75, 3.05) is 0 Å². The fourth-order valence-corrected chi connectivity index (χ4v) is 2.83. The normalized spacial score (nSPS) is 12.3. The van der Waals surface area contributed by atoms with Gasteiger partial charge in [0.2, 0.25) is 0 Å². The number of hydrogen-bond donors (Lipinski definition) is 0. The fourth-order valence-electron chi connectivity index (χ4n) is 2.67. The van der Waals surface area contributed by atoms with E-state index >= 15 is 0 Å². The van der Waals surface area contributed by atoms with Gasteiger partial charge in [0.25, 0.3) is 0 Å². The van der Waals surface area contributed by atoms with Crippen LogP contribution in [0.4, 0.5) is 8.78 Å². The van der Waals surface area contributed by atoms with Gasteiger partial charge in [-0.1, -0.05) is 18.5 Å². The van der Waals surface area contributed by atoms with Crippen LogP contribution in [0.25, 0.3) is 11.4 Å². The third-order valence-electron chi connectivity index (χ3n) is 3.75. The van der Waals surface area contributed by atoms with Crippen LogP contribution in [0.5, 0.6) is 0 Å². The lowest BCUT2D eigenvalue weighted by Gasteiger charge is -2.20. The van der Waals surface area contributed by atoms with Crippen molar-refractivity contribution in [3.8, 4) is 11.4 Å². The molecule has 23 heavy (non-hydrogen) atoms. The van der Waals surface area contributed by atoms with Crippen LogP contribution in [-0.4, -0.2) is 14.5 Å². The van der Waals surface area contributed by atoms with Crippen molar-refractivity contribution in [1.82, 2.24) is 14.5 Å². The van der Waals surface area contributed by atoms with Gasteiger partial charge in [0.05, 0.1) is 16.6 Å². The van der Waals surface area contributed by atoms with Crippen molar-refractivity contribution in [2.45, 2.75) is 19.4 Å². The molecule has 0 aliphatic rings. The largest absolute Gasteiger partial charge is 0.323 e. The number of aromatic nitrogens is 3. The van der Waals surface area contributed by atoms with Crippen molar-refractivity contribution in [2.24, 2.45) is 0 Å². The summed E-state index contributed by atoms with van der Waals surface area (Å²) in [5.74, 6) is -1.28. The first kappa shape index (κ1) is 15.6. The van der Waals surface area contributed by atoms with Crippen molar-refractivity contribution < 1.29 is 8.78 Å². The summed E-state index contributed by atoms with van der Waals surface area (Å²) in [6, 6.07) is 6.00. The van der Waals surface area contributed by atoms with Crippen LogP contribution in [0.15, 0.2) is 49.1 Å². The van der Waals surface area contributed by atoms with E-state index in [0.717, 1.165) is 18.1 Å². The third kappa shape index (κ3) is 2.84. The van der Waals surface area contributed by atoms with Gasteiger partial charge < -0.3 is 4.57 Å². The standard InChI is InChI=1S/C17H14ClF2N3/c1-2-14(11-5-7-21-8-6-11)23-10-9-22-17(23)15-13(19)4-3-12(18)16(15)20/h3-10,14H,2H2,1H3. The Morgan fingerprint density at radius 2 is 1.87 bits per heavy atom. The molecule has 3 rings (SSSR count). The van der Waals surface area contributed by atoms with Crippen molar-refractivity contribution >= 4 is 11.6 Å². The number of nitrogens with zero attached hydrogens (tertiary/aromatic N) is 3. The summed E-state index contributed by atoms with van der Waals surface area (Å²) in [6.07, 6.45) is 7.35. The molecule has 1 unspecified atom stereocenters. The molecule has 1 aromatic carbocycles. The van der Waals surface area contributed by atoms with E-state index < -0.39 is 11.6 Å². The van der Waals surface area contributed by atoms with Gasteiger partial charge >= 0.3 is 0 Å². The van der Waals surface area contributed by atoms with Crippen LogP contribution in [0.3, 0.4) is 0 Å². The van der Waals surface area contributed by atoms with E-state index in [0.29, 0.717) is 0 Å². The highest BCUT2D eigenvalue weighted by molar-refractivity contribution is 6.31. The van der Waals surface area contributed by atoms with Gasteiger partial charge in [-0.2, -0.15) is 0 Å². The summed E-state index contributed by atoms with van der Waals surface area (Å²) in [7, 11) is 0. The van der Waals surface area contributed by atoms with E-state index in [9.17, 15) is 8.78 Å². The summed E-state index contributed by atoms with van der Waals surface area (Å²) in [5, 5.41) is -0.132. The third-order valence-corrected chi connectivity index (χ3v) is 4.04. The molecule has 0 N–H and O–H groups in total. The van der Waals surface area contributed by atoms with Gasteiger partial charge in [-0.05, 0) is 36.2 Å². The molecule has 1 atom stereocenters. The van der Waals surface area contributed by atoms with Crippen molar-refractivity contribution in [3.05, 3.63) is 71.3 Å². The van der Waals surface area contributed by atoms with Crippen LogP contribution >= 0.6 is 11.6 Å². The molecule has 0 amide bonds. The molecule has 0 radical (unpaired) electrons. The molecule has 3 aromatic rings.